The summed E-state index contributed by atoms with van der Waals surface area (Å²) >= 11 is 0. The summed E-state index contributed by atoms with van der Waals surface area (Å²) < 4.78 is 0. The fourth-order valence-electron chi connectivity index (χ4n) is 2.80. The van der Waals surface area contributed by atoms with Crippen LogP contribution in [0.4, 0.5) is 5.69 Å². The normalized spacial score (nSPS) is 17.4. The van der Waals surface area contributed by atoms with Crippen LogP contribution in [0.1, 0.15) is 22.8 Å². The van der Waals surface area contributed by atoms with Crippen molar-refractivity contribution in [2.24, 2.45) is 5.92 Å². The van der Waals surface area contributed by atoms with Gasteiger partial charge in [-0.1, -0.05) is 25.1 Å². The van der Waals surface area contributed by atoms with Crippen molar-refractivity contribution in [2.75, 3.05) is 11.4 Å². The number of aromatic hydroxyl groups is 2. The monoisotopic (exact) mass is 283 g/mol. The highest BCUT2D eigenvalue weighted by molar-refractivity contribution is 6.07. The summed E-state index contributed by atoms with van der Waals surface area (Å²) in [4.78, 5) is 14.5. The second kappa shape index (κ2) is 5.13. The van der Waals surface area contributed by atoms with Gasteiger partial charge in [0.05, 0.1) is 0 Å². The lowest BCUT2D eigenvalue weighted by Gasteiger charge is -2.33. The Morgan fingerprint density at radius 1 is 1.14 bits per heavy atom. The molecule has 2 aromatic rings. The number of nitrogens with zero attached hydrogens (tertiary/aromatic N) is 1. The maximum absolute atomic E-state index is 12.7. The van der Waals surface area contributed by atoms with Gasteiger partial charge in [0, 0.05) is 17.8 Å². The molecule has 0 saturated carbocycles. The van der Waals surface area contributed by atoms with Crippen molar-refractivity contribution >= 4 is 11.6 Å². The molecule has 1 aliphatic heterocycles. The lowest BCUT2D eigenvalue weighted by atomic mass is 9.93. The Morgan fingerprint density at radius 2 is 1.90 bits per heavy atom. The number of hydrogen-bond donors (Lipinski definition) is 2. The lowest BCUT2D eigenvalue weighted by Crippen LogP contribution is -2.39. The Bertz CT molecular complexity index is 696. The number of anilines is 1. The number of para-hydroxylation sites is 1. The summed E-state index contributed by atoms with van der Waals surface area (Å²) in [5.74, 6) is -0.281. The Hall–Kier alpha value is -2.49. The molecule has 0 saturated heterocycles. The number of hydrogen-bond acceptors (Lipinski definition) is 3. The van der Waals surface area contributed by atoms with Crippen LogP contribution >= 0.6 is 0 Å². The molecule has 1 aliphatic rings. The van der Waals surface area contributed by atoms with E-state index in [1.807, 2.05) is 24.3 Å². The van der Waals surface area contributed by atoms with Crippen molar-refractivity contribution in [1.29, 1.82) is 0 Å². The number of fused-ring (bicyclic) bond motifs is 1. The second-order valence-corrected chi connectivity index (χ2v) is 5.56. The van der Waals surface area contributed by atoms with E-state index in [1.165, 1.54) is 18.2 Å². The van der Waals surface area contributed by atoms with Crippen LogP contribution in [-0.4, -0.2) is 22.7 Å². The number of benzene rings is 2. The number of carbonyl (C=O) groups excluding carboxylic acids is 1. The lowest BCUT2D eigenvalue weighted by molar-refractivity contribution is 0.0980. The number of amides is 1. The first kappa shape index (κ1) is 13.5. The van der Waals surface area contributed by atoms with Crippen molar-refractivity contribution < 1.29 is 15.0 Å². The number of carbonyl (C=O) groups is 1. The first-order valence-electron chi connectivity index (χ1n) is 6.98. The second-order valence-electron chi connectivity index (χ2n) is 5.56. The van der Waals surface area contributed by atoms with E-state index in [1.54, 1.807) is 4.90 Å². The van der Waals surface area contributed by atoms with E-state index in [9.17, 15) is 15.0 Å². The molecule has 2 aromatic carbocycles. The topological polar surface area (TPSA) is 60.8 Å². The first-order chi connectivity index (χ1) is 10.1. The minimum Gasteiger partial charge on any atom is -0.504 e. The summed E-state index contributed by atoms with van der Waals surface area (Å²) in [6.07, 6.45) is 0.959. The summed E-state index contributed by atoms with van der Waals surface area (Å²) in [7, 11) is 0. The molecule has 1 heterocycles. The Kier molecular flexibility index (Phi) is 3.29. The number of phenolic OH excluding ortho intramolecular Hbond substituents is 2. The van der Waals surface area contributed by atoms with Gasteiger partial charge in [-0.25, -0.2) is 0 Å². The number of phenols is 2. The van der Waals surface area contributed by atoms with E-state index in [0.717, 1.165) is 17.7 Å². The van der Waals surface area contributed by atoms with E-state index in [2.05, 4.69) is 6.92 Å². The molecule has 0 aromatic heterocycles. The van der Waals surface area contributed by atoms with Crippen LogP contribution in [0.3, 0.4) is 0 Å². The van der Waals surface area contributed by atoms with E-state index >= 15 is 0 Å². The third-order valence-corrected chi connectivity index (χ3v) is 3.81. The molecule has 1 amide bonds. The maximum atomic E-state index is 12.7. The molecule has 0 bridgehead atoms. The molecule has 1 atom stereocenters. The van der Waals surface area contributed by atoms with E-state index in [0.29, 0.717) is 18.0 Å². The zero-order valence-electron chi connectivity index (χ0n) is 11.8. The molecule has 0 radical (unpaired) electrons. The van der Waals surface area contributed by atoms with E-state index in [4.69, 9.17) is 0 Å². The Labute approximate surface area is 123 Å². The molecular formula is C17H17NO3. The van der Waals surface area contributed by atoms with Gasteiger partial charge in [0.15, 0.2) is 11.5 Å². The van der Waals surface area contributed by atoms with Crippen LogP contribution in [0.5, 0.6) is 11.5 Å². The van der Waals surface area contributed by atoms with Gasteiger partial charge in [-0.15, -0.1) is 0 Å². The highest BCUT2D eigenvalue weighted by Crippen LogP contribution is 2.32. The zero-order valence-corrected chi connectivity index (χ0v) is 11.8. The van der Waals surface area contributed by atoms with Gasteiger partial charge in [-0.2, -0.15) is 0 Å². The van der Waals surface area contributed by atoms with Gasteiger partial charge in [0.1, 0.15) is 0 Å². The molecule has 3 rings (SSSR count). The van der Waals surface area contributed by atoms with Gasteiger partial charge < -0.3 is 15.1 Å². The molecule has 0 spiro atoms. The molecule has 0 aliphatic carbocycles. The Morgan fingerprint density at radius 3 is 2.67 bits per heavy atom. The van der Waals surface area contributed by atoms with Gasteiger partial charge in [0.25, 0.3) is 5.91 Å². The van der Waals surface area contributed by atoms with E-state index in [-0.39, 0.29) is 17.4 Å². The fourth-order valence-corrected chi connectivity index (χ4v) is 2.80. The van der Waals surface area contributed by atoms with Crippen LogP contribution in [0, 0.1) is 5.92 Å². The van der Waals surface area contributed by atoms with Crippen molar-refractivity contribution in [3.05, 3.63) is 53.6 Å². The van der Waals surface area contributed by atoms with Crippen LogP contribution in [-0.2, 0) is 6.42 Å². The molecule has 0 fully saturated rings. The standard InChI is InChI=1S/C17H17NO3/c1-11-8-12-4-2-3-5-14(12)18(10-11)17(21)13-6-7-15(19)16(20)9-13/h2-7,9,11,19-20H,8,10H2,1H3. The third-order valence-electron chi connectivity index (χ3n) is 3.81. The quantitative estimate of drug-likeness (QED) is 0.791. The average Bonchev–Trinajstić information content (AvgIpc) is 2.48. The van der Waals surface area contributed by atoms with Crippen molar-refractivity contribution in [2.45, 2.75) is 13.3 Å². The summed E-state index contributed by atoms with van der Waals surface area (Å²) in [5, 5.41) is 18.9. The maximum Gasteiger partial charge on any atom is 0.258 e. The Balaban J connectivity index is 1.99. The fraction of sp³-hybridized carbons (Fsp3) is 0.235. The molecular weight excluding hydrogens is 266 g/mol. The van der Waals surface area contributed by atoms with Crippen molar-refractivity contribution in [3.63, 3.8) is 0 Å². The largest absolute Gasteiger partial charge is 0.504 e. The van der Waals surface area contributed by atoms with Gasteiger partial charge in [-0.05, 0) is 42.2 Å². The highest BCUT2D eigenvalue weighted by Gasteiger charge is 2.27. The minimum absolute atomic E-state index is 0.163. The van der Waals surface area contributed by atoms with Crippen LogP contribution in [0.2, 0.25) is 0 Å². The molecule has 21 heavy (non-hydrogen) atoms. The molecule has 4 heteroatoms. The highest BCUT2D eigenvalue weighted by atomic mass is 16.3. The molecule has 4 nitrogen and oxygen atoms in total. The van der Waals surface area contributed by atoms with Crippen LogP contribution in [0.15, 0.2) is 42.5 Å². The third kappa shape index (κ3) is 2.44. The van der Waals surface area contributed by atoms with Gasteiger partial charge >= 0.3 is 0 Å². The van der Waals surface area contributed by atoms with Crippen molar-refractivity contribution in [1.82, 2.24) is 0 Å². The minimum atomic E-state index is -0.279. The SMILES string of the molecule is CC1Cc2ccccc2N(C(=O)c2ccc(O)c(O)c2)C1. The molecule has 2 N–H and O–H groups in total. The predicted octanol–water partition coefficient (Wildman–Crippen LogP) is 2.94. The average molecular weight is 283 g/mol. The summed E-state index contributed by atoms with van der Waals surface area (Å²) in [6.45, 7) is 2.77. The van der Waals surface area contributed by atoms with Crippen LogP contribution < -0.4 is 4.90 Å². The molecule has 1 unspecified atom stereocenters. The van der Waals surface area contributed by atoms with Crippen LogP contribution in [0.25, 0.3) is 0 Å². The number of rotatable bonds is 1. The van der Waals surface area contributed by atoms with Gasteiger partial charge in [0.2, 0.25) is 0 Å². The molecule has 108 valence electrons. The predicted molar refractivity (Wildman–Crippen MR) is 80.8 cm³/mol. The van der Waals surface area contributed by atoms with E-state index < -0.39 is 0 Å². The summed E-state index contributed by atoms with van der Waals surface area (Å²) in [5.41, 5.74) is 2.45. The van der Waals surface area contributed by atoms with Gasteiger partial charge in [-0.3, -0.25) is 4.79 Å². The smallest absolute Gasteiger partial charge is 0.258 e. The first-order valence-corrected chi connectivity index (χ1v) is 6.98. The van der Waals surface area contributed by atoms with Crippen molar-refractivity contribution in [3.8, 4) is 11.5 Å². The zero-order chi connectivity index (χ0) is 15.0. The summed E-state index contributed by atoms with van der Waals surface area (Å²) in [6, 6.07) is 12.1.